The van der Waals surface area contributed by atoms with Gasteiger partial charge in [-0.3, -0.25) is 4.98 Å². The lowest BCUT2D eigenvalue weighted by atomic mass is 9.98. The van der Waals surface area contributed by atoms with E-state index in [2.05, 4.69) is 60.6 Å². The maximum absolute atomic E-state index is 6.08. The summed E-state index contributed by atoms with van der Waals surface area (Å²) >= 11 is 0. The summed E-state index contributed by atoms with van der Waals surface area (Å²) in [6.07, 6.45) is 4.56. The highest BCUT2D eigenvalue weighted by molar-refractivity contribution is 5.99. The van der Waals surface area contributed by atoms with Crippen LogP contribution in [0.15, 0.2) is 72.4 Å². The number of ether oxygens (including phenoxy) is 1. The predicted octanol–water partition coefficient (Wildman–Crippen LogP) is 4.17. The second kappa shape index (κ2) is 5.73. The molecule has 0 amide bonds. The lowest BCUT2D eigenvalue weighted by molar-refractivity contribution is 0.268. The van der Waals surface area contributed by atoms with Gasteiger partial charge >= 0.3 is 0 Å². The van der Waals surface area contributed by atoms with Crippen molar-refractivity contribution in [2.75, 3.05) is 11.5 Å². The van der Waals surface area contributed by atoms with Gasteiger partial charge in [0, 0.05) is 11.9 Å². The molecule has 0 aliphatic carbocycles. The zero-order valence-electron chi connectivity index (χ0n) is 14.7. The quantitative estimate of drug-likeness (QED) is 0.609. The van der Waals surface area contributed by atoms with E-state index in [1.807, 2.05) is 30.5 Å². The normalized spacial score (nSPS) is 26.7. The van der Waals surface area contributed by atoms with E-state index in [9.17, 15) is 0 Å². The number of aliphatic imine (C=N–C) groups is 1. The van der Waals surface area contributed by atoms with E-state index in [0.717, 1.165) is 23.7 Å². The molecule has 25 heavy (non-hydrogen) atoms. The summed E-state index contributed by atoms with van der Waals surface area (Å²) in [5.74, 6) is 0.803. The fourth-order valence-corrected chi connectivity index (χ4v) is 3.76. The number of rotatable bonds is 5. The van der Waals surface area contributed by atoms with Gasteiger partial charge in [0.05, 0.1) is 11.2 Å². The van der Waals surface area contributed by atoms with Gasteiger partial charge in [-0.2, -0.15) is 0 Å². The summed E-state index contributed by atoms with van der Waals surface area (Å²) in [6, 6.07) is 16.6. The van der Waals surface area contributed by atoms with Crippen LogP contribution in [0.25, 0.3) is 0 Å². The molecule has 3 heterocycles. The lowest BCUT2D eigenvalue weighted by Gasteiger charge is -2.16. The smallest absolute Gasteiger partial charge is 0.213 e. The van der Waals surface area contributed by atoms with Crippen molar-refractivity contribution in [1.29, 1.82) is 0 Å². The maximum Gasteiger partial charge on any atom is 0.213 e. The Labute approximate surface area is 148 Å². The van der Waals surface area contributed by atoms with E-state index in [1.165, 1.54) is 0 Å². The molecule has 1 fully saturated rings. The molecule has 2 aliphatic rings. The zero-order valence-corrected chi connectivity index (χ0v) is 14.7. The van der Waals surface area contributed by atoms with Crippen LogP contribution in [0, 0.1) is 0 Å². The predicted molar refractivity (Wildman–Crippen MR) is 101 cm³/mol. The average Bonchev–Trinajstić information content (AvgIpc) is 3.15. The van der Waals surface area contributed by atoms with Crippen LogP contribution in [0.3, 0.4) is 0 Å². The SMILES string of the molecule is C=CC[C@]1(C2=NC(C)(C)CO2)[C@H](c2ccccn2)N1c1ccccc1. The van der Waals surface area contributed by atoms with E-state index < -0.39 is 0 Å². The van der Waals surface area contributed by atoms with Gasteiger partial charge in [0.15, 0.2) is 0 Å². The Balaban J connectivity index is 1.84. The molecule has 1 aromatic heterocycles. The van der Waals surface area contributed by atoms with E-state index >= 15 is 0 Å². The minimum Gasteiger partial charge on any atom is -0.477 e. The first-order chi connectivity index (χ1) is 12.1. The summed E-state index contributed by atoms with van der Waals surface area (Å²) in [5, 5.41) is 0. The number of aromatic nitrogens is 1. The molecule has 4 heteroatoms. The molecule has 2 aliphatic heterocycles. The number of hydrogen-bond donors (Lipinski definition) is 0. The third kappa shape index (κ3) is 2.53. The van der Waals surface area contributed by atoms with Crippen molar-refractivity contribution < 1.29 is 4.74 Å². The third-order valence-corrected chi connectivity index (χ3v) is 4.87. The Bertz CT molecular complexity index is 753. The molecule has 0 saturated carbocycles. The van der Waals surface area contributed by atoms with E-state index in [-0.39, 0.29) is 17.1 Å². The molecule has 1 saturated heterocycles. The van der Waals surface area contributed by atoms with Crippen molar-refractivity contribution in [1.82, 2.24) is 4.98 Å². The van der Waals surface area contributed by atoms with Crippen LogP contribution in [-0.2, 0) is 4.74 Å². The largest absolute Gasteiger partial charge is 0.477 e. The maximum atomic E-state index is 6.08. The molecule has 4 rings (SSSR count). The first-order valence-corrected chi connectivity index (χ1v) is 8.68. The van der Waals surface area contributed by atoms with Crippen LogP contribution >= 0.6 is 0 Å². The minimum absolute atomic E-state index is 0.0988. The number of para-hydroxylation sites is 1. The van der Waals surface area contributed by atoms with Gasteiger partial charge in [0.25, 0.3) is 0 Å². The van der Waals surface area contributed by atoms with Crippen molar-refractivity contribution in [3.05, 3.63) is 73.1 Å². The number of hydrogen-bond acceptors (Lipinski definition) is 4. The van der Waals surface area contributed by atoms with Crippen LogP contribution in [0.4, 0.5) is 5.69 Å². The van der Waals surface area contributed by atoms with Crippen molar-refractivity contribution in [2.45, 2.75) is 37.4 Å². The average molecular weight is 333 g/mol. The van der Waals surface area contributed by atoms with Crippen LogP contribution < -0.4 is 4.90 Å². The fraction of sp³-hybridized carbons (Fsp3) is 0.333. The Morgan fingerprint density at radius 2 is 1.96 bits per heavy atom. The van der Waals surface area contributed by atoms with Crippen LogP contribution in [-0.4, -0.2) is 28.6 Å². The molecule has 0 radical (unpaired) electrons. The summed E-state index contributed by atoms with van der Waals surface area (Å²) in [7, 11) is 0. The van der Waals surface area contributed by atoms with Gasteiger partial charge in [-0.1, -0.05) is 30.3 Å². The van der Waals surface area contributed by atoms with Gasteiger partial charge < -0.3 is 9.64 Å². The van der Waals surface area contributed by atoms with E-state index in [0.29, 0.717) is 6.61 Å². The molecule has 2 atom stereocenters. The number of anilines is 1. The van der Waals surface area contributed by atoms with E-state index in [4.69, 9.17) is 9.73 Å². The first kappa shape index (κ1) is 15.9. The lowest BCUT2D eigenvalue weighted by Crippen LogP contribution is -2.30. The molecule has 128 valence electrons. The number of benzene rings is 1. The van der Waals surface area contributed by atoms with E-state index in [1.54, 1.807) is 0 Å². The Hall–Kier alpha value is -2.62. The van der Waals surface area contributed by atoms with Crippen molar-refractivity contribution >= 4 is 11.6 Å². The Morgan fingerprint density at radius 3 is 2.56 bits per heavy atom. The number of pyridine rings is 1. The minimum atomic E-state index is -0.342. The summed E-state index contributed by atoms with van der Waals surface area (Å²) in [4.78, 5) is 11.9. The molecule has 0 bridgehead atoms. The second-order valence-electron chi connectivity index (χ2n) is 7.30. The summed E-state index contributed by atoms with van der Waals surface area (Å²) in [5.41, 5.74) is 1.65. The highest BCUT2D eigenvalue weighted by Crippen LogP contribution is 2.59. The first-order valence-electron chi connectivity index (χ1n) is 8.68. The Kier molecular flexibility index (Phi) is 3.64. The topological polar surface area (TPSA) is 37.5 Å². The molecule has 0 N–H and O–H groups in total. The van der Waals surface area contributed by atoms with Crippen LogP contribution in [0.2, 0.25) is 0 Å². The monoisotopic (exact) mass is 333 g/mol. The van der Waals surface area contributed by atoms with Gasteiger partial charge in [0.2, 0.25) is 5.90 Å². The molecular formula is C21H23N3O. The molecule has 0 spiro atoms. The summed E-state index contributed by atoms with van der Waals surface area (Å²) in [6.45, 7) is 8.81. The third-order valence-electron chi connectivity index (χ3n) is 4.87. The molecular weight excluding hydrogens is 310 g/mol. The van der Waals surface area contributed by atoms with Crippen LogP contribution in [0.5, 0.6) is 0 Å². The number of nitrogens with zero attached hydrogens (tertiary/aromatic N) is 3. The van der Waals surface area contributed by atoms with Crippen molar-refractivity contribution in [2.24, 2.45) is 4.99 Å². The molecule has 1 aromatic carbocycles. The molecule has 4 nitrogen and oxygen atoms in total. The fourth-order valence-electron chi connectivity index (χ4n) is 3.76. The molecule has 0 unspecified atom stereocenters. The highest BCUT2D eigenvalue weighted by Gasteiger charge is 2.69. The van der Waals surface area contributed by atoms with Gasteiger partial charge in [-0.05, 0) is 44.5 Å². The van der Waals surface area contributed by atoms with Crippen LogP contribution in [0.1, 0.15) is 32.0 Å². The van der Waals surface area contributed by atoms with Gasteiger partial charge in [-0.15, -0.1) is 6.58 Å². The Morgan fingerprint density at radius 1 is 1.20 bits per heavy atom. The highest BCUT2D eigenvalue weighted by atomic mass is 16.5. The summed E-state index contributed by atoms with van der Waals surface area (Å²) < 4.78 is 6.08. The van der Waals surface area contributed by atoms with Gasteiger partial charge in [-0.25, -0.2) is 4.99 Å². The second-order valence-corrected chi connectivity index (χ2v) is 7.30. The van der Waals surface area contributed by atoms with Gasteiger partial charge in [0.1, 0.15) is 18.2 Å². The zero-order chi connectivity index (χ0) is 17.5. The molecule has 2 aromatic rings. The standard InChI is InChI=1S/C21H23N3O/c1-4-13-21(19-23-20(2,3)15-25-19)18(17-12-8-9-14-22-17)24(21)16-10-6-5-7-11-16/h4-12,14,18H,1,13,15H2,2-3H3/t18-,21+,24?/m0/s1. The van der Waals surface area contributed by atoms with Crippen molar-refractivity contribution in [3.8, 4) is 0 Å². The van der Waals surface area contributed by atoms with Crippen molar-refractivity contribution in [3.63, 3.8) is 0 Å².